The molecule has 2 atom stereocenters. The molecule has 0 aromatic carbocycles. The molecule has 2 aromatic rings. The van der Waals surface area contributed by atoms with Crippen molar-refractivity contribution in [2.75, 3.05) is 18.5 Å². The van der Waals surface area contributed by atoms with Crippen molar-refractivity contribution in [3.63, 3.8) is 0 Å². The maximum absolute atomic E-state index is 12.9. The van der Waals surface area contributed by atoms with Crippen LogP contribution in [0.15, 0.2) is 18.5 Å². The molecule has 3 heterocycles. The van der Waals surface area contributed by atoms with Crippen molar-refractivity contribution in [1.29, 1.82) is 0 Å². The first-order valence-corrected chi connectivity index (χ1v) is 12.0. The first-order chi connectivity index (χ1) is 17.2. The van der Waals surface area contributed by atoms with Gasteiger partial charge in [-0.15, -0.1) is 13.2 Å². The first-order valence-electron chi connectivity index (χ1n) is 12.0. The number of alkyl carbamates (subject to hydrolysis) is 1. The van der Waals surface area contributed by atoms with Crippen molar-refractivity contribution >= 4 is 17.8 Å². The Morgan fingerprint density at radius 1 is 1.27 bits per heavy atom. The van der Waals surface area contributed by atoms with Gasteiger partial charge in [-0.3, -0.25) is 14.2 Å². The van der Waals surface area contributed by atoms with Gasteiger partial charge in [-0.2, -0.15) is 10.2 Å². The van der Waals surface area contributed by atoms with Crippen LogP contribution in [0.4, 0.5) is 23.8 Å². The fourth-order valence-electron chi connectivity index (χ4n) is 3.83. The van der Waals surface area contributed by atoms with E-state index in [1.807, 2.05) is 27.7 Å². The van der Waals surface area contributed by atoms with Gasteiger partial charge in [0.15, 0.2) is 0 Å². The number of anilines is 1. The molecule has 2 aromatic heterocycles. The monoisotopic (exact) mass is 528 g/mol. The van der Waals surface area contributed by atoms with Gasteiger partial charge in [-0.25, -0.2) is 9.48 Å². The minimum Gasteiger partial charge on any atom is -0.444 e. The highest BCUT2D eigenvalue weighted by atomic mass is 19.4. The predicted molar refractivity (Wildman–Crippen MR) is 124 cm³/mol. The van der Waals surface area contributed by atoms with Crippen LogP contribution >= 0.6 is 0 Å². The molecule has 0 bridgehead atoms. The summed E-state index contributed by atoms with van der Waals surface area (Å²) in [7, 11) is 0. The summed E-state index contributed by atoms with van der Waals surface area (Å²) >= 11 is 0. The molecular formula is C23H31F3N6O5. The van der Waals surface area contributed by atoms with Crippen molar-refractivity contribution in [1.82, 2.24) is 24.9 Å². The first kappa shape index (κ1) is 26.9. The van der Waals surface area contributed by atoms with Gasteiger partial charge < -0.3 is 20.1 Å². The molecule has 0 radical (unpaired) electrons. The van der Waals surface area contributed by atoms with E-state index in [1.54, 1.807) is 10.7 Å². The number of rotatable bonds is 8. The Balaban J connectivity index is 1.39. The molecule has 2 amide bonds. The Kier molecular flexibility index (Phi) is 7.25. The van der Waals surface area contributed by atoms with E-state index in [1.165, 1.54) is 17.1 Å². The fraction of sp³-hybridized carbons (Fsp3) is 0.652. The standard InChI is InChI=1S/C23H31F3N6O5/c1-21(2,3)32-18(28-19(33)14-11-27-31(12-14)7-8-36-23(24,25)26)10-16(30-32)17-9-15(13-35-17)37-20(34)29-22(4)5-6-22/h10-12,15,17H,5-9,13H2,1-4H3,(H,28,33)(H,29,34)/t15-,17-/m1/s1. The average molecular weight is 529 g/mol. The molecule has 1 aliphatic carbocycles. The maximum atomic E-state index is 12.9. The lowest BCUT2D eigenvalue weighted by Gasteiger charge is -2.22. The summed E-state index contributed by atoms with van der Waals surface area (Å²) < 4.78 is 54.4. The summed E-state index contributed by atoms with van der Waals surface area (Å²) in [5, 5.41) is 14.2. The van der Waals surface area contributed by atoms with Gasteiger partial charge in [0, 0.05) is 24.2 Å². The lowest BCUT2D eigenvalue weighted by Crippen LogP contribution is -2.37. The largest absolute Gasteiger partial charge is 0.522 e. The van der Waals surface area contributed by atoms with Gasteiger partial charge in [0.1, 0.15) is 18.0 Å². The Morgan fingerprint density at radius 2 is 2.00 bits per heavy atom. The third-order valence-corrected chi connectivity index (χ3v) is 6.05. The lowest BCUT2D eigenvalue weighted by molar-refractivity contribution is -0.325. The molecule has 1 aliphatic heterocycles. The van der Waals surface area contributed by atoms with Gasteiger partial charge in [0.05, 0.1) is 42.8 Å². The molecule has 1 saturated carbocycles. The van der Waals surface area contributed by atoms with Crippen LogP contribution in [-0.2, 0) is 26.3 Å². The van der Waals surface area contributed by atoms with Crippen molar-refractivity contribution in [2.45, 2.75) is 83.2 Å². The summed E-state index contributed by atoms with van der Waals surface area (Å²) in [6.45, 7) is 7.16. The average Bonchev–Trinajstić information content (AvgIpc) is 3.20. The van der Waals surface area contributed by atoms with Crippen LogP contribution in [0.3, 0.4) is 0 Å². The molecule has 11 nitrogen and oxygen atoms in total. The number of carbonyl (C=O) groups is 2. The maximum Gasteiger partial charge on any atom is 0.522 e. The Labute approximate surface area is 211 Å². The number of hydrogen-bond acceptors (Lipinski definition) is 7. The normalized spacial score (nSPS) is 21.1. The van der Waals surface area contributed by atoms with E-state index in [-0.39, 0.29) is 24.3 Å². The van der Waals surface area contributed by atoms with Gasteiger partial charge >= 0.3 is 12.5 Å². The number of hydrogen-bond donors (Lipinski definition) is 2. The van der Waals surface area contributed by atoms with Gasteiger partial charge in [-0.05, 0) is 40.5 Å². The van der Waals surface area contributed by atoms with E-state index in [9.17, 15) is 22.8 Å². The molecule has 14 heteroatoms. The van der Waals surface area contributed by atoms with E-state index in [2.05, 4.69) is 25.6 Å². The minimum absolute atomic E-state index is 0.163. The van der Waals surface area contributed by atoms with Crippen LogP contribution in [0.25, 0.3) is 0 Å². The number of ether oxygens (including phenoxy) is 3. The highest BCUT2D eigenvalue weighted by molar-refractivity contribution is 6.03. The number of alkyl halides is 3. The lowest BCUT2D eigenvalue weighted by atomic mass is 10.1. The van der Waals surface area contributed by atoms with Crippen LogP contribution in [0.1, 0.15) is 69.1 Å². The van der Waals surface area contributed by atoms with Crippen molar-refractivity contribution in [3.05, 3.63) is 29.7 Å². The molecule has 1 saturated heterocycles. The molecule has 37 heavy (non-hydrogen) atoms. The van der Waals surface area contributed by atoms with E-state index >= 15 is 0 Å². The third-order valence-electron chi connectivity index (χ3n) is 6.05. The van der Waals surface area contributed by atoms with Crippen molar-refractivity contribution < 1.29 is 37.0 Å². The van der Waals surface area contributed by atoms with E-state index in [4.69, 9.17) is 9.47 Å². The fourth-order valence-corrected chi connectivity index (χ4v) is 3.83. The Morgan fingerprint density at radius 3 is 2.65 bits per heavy atom. The summed E-state index contributed by atoms with van der Waals surface area (Å²) in [5.74, 6) is -0.0910. The second-order valence-electron chi connectivity index (χ2n) is 10.5. The molecule has 2 aliphatic rings. The highest BCUT2D eigenvalue weighted by Crippen LogP contribution is 2.36. The van der Waals surface area contributed by atoms with E-state index in [0.717, 1.165) is 12.8 Å². The SMILES string of the molecule is CC1(NC(=O)O[C@H]2CO[C@@H](c3cc(NC(=O)c4cnn(CCOC(F)(F)F)c4)n(C(C)(C)C)n3)C2)CC1. The molecular weight excluding hydrogens is 497 g/mol. The quantitative estimate of drug-likeness (QED) is 0.536. The summed E-state index contributed by atoms with van der Waals surface area (Å²) in [6.07, 6.45) is -1.16. The van der Waals surface area contributed by atoms with Crippen LogP contribution in [0.5, 0.6) is 0 Å². The third kappa shape index (κ3) is 7.22. The zero-order valence-corrected chi connectivity index (χ0v) is 21.1. The molecule has 0 unspecified atom stereocenters. The Bertz CT molecular complexity index is 1130. The molecule has 0 spiro atoms. The number of carbonyl (C=O) groups excluding carboxylic acids is 2. The predicted octanol–water partition coefficient (Wildman–Crippen LogP) is 3.73. The summed E-state index contributed by atoms with van der Waals surface area (Å²) in [4.78, 5) is 25.0. The topological polar surface area (TPSA) is 122 Å². The van der Waals surface area contributed by atoms with Crippen LogP contribution in [0, 0.1) is 0 Å². The van der Waals surface area contributed by atoms with Crippen LogP contribution in [0.2, 0.25) is 0 Å². The zero-order chi connectivity index (χ0) is 27.0. The summed E-state index contributed by atoms with van der Waals surface area (Å²) in [5.41, 5.74) is 0.0673. The van der Waals surface area contributed by atoms with Crippen LogP contribution < -0.4 is 10.6 Å². The molecule has 4 rings (SSSR count). The number of aromatic nitrogens is 4. The zero-order valence-electron chi connectivity index (χ0n) is 21.1. The van der Waals surface area contributed by atoms with Gasteiger partial charge in [0.2, 0.25) is 0 Å². The van der Waals surface area contributed by atoms with Gasteiger partial charge in [0.25, 0.3) is 5.91 Å². The highest BCUT2D eigenvalue weighted by Gasteiger charge is 2.40. The second kappa shape index (κ2) is 9.97. The summed E-state index contributed by atoms with van der Waals surface area (Å²) in [6, 6.07) is 1.70. The van der Waals surface area contributed by atoms with Crippen LogP contribution in [-0.4, -0.2) is 62.8 Å². The smallest absolute Gasteiger partial charge is 0.444 e. The van der Waals surface area contributed by atoms with E-state index in [0.29, 0.717) is 17.9 Å². The number of halogens is 3. The second-order valence-corrected chi connectivity index (χ2v) is 10.5. The number of nitrogens with one attached hydrogen (secondary N) is 2. The Hall–Kier alpha value is -3.13. The minimum atomic E-state index is -4.73. The molecule has 204 valence electrons. The van der Waals surface area contributed by atoms with Crippen molar-refractivity contribution in [2.24, 2.45) is 0 Å². The molecule has 2 N–H and O–H groups in total. The number of nitrogens with zero attached hydrogens (tertiary/aromatic N) is 4. The number of amides is 2. The van der Waals surface area contributed by atoms with Gasteiger partial charge in [-0.1, -0.05) is 0 Å². The van der Waals surface area contributed by atoms with E-state index < -0.39 is 42.7 Å². The van der Waals surface area contributed by atoms with Crippen molar-refractivity contribution in [3.8, 4) is 0 Å². The molecule has 2 fully saturated rings.